The smallest absolute Gasteiger partial charge is 0.269 e. The van der Waals surface area contributed by atoms with E-state index in [1.165, 1.54) is 0 Å². The van der Waals surface area contributed by atoms with E-state index < -0.39 is 0 Å². The molecule has 0 aliphatic heterocycles. The van der Waals surface area contributed by atoms with Gasteiger partial charge in [-0.3, -0.25) is 9.78 Å². The topological polar surface area (TPSA) is 72.5 Å². The van der Waals surface area contributed by atoms with Crippen LogP contribution in [0, 0.1) is 0 Å². The molecular formula is C18H23N3O3. The van der Waals surface area contributed by atoms with Crippen molar-refractivity contribution >= 4 is 17.3 Å². The summed E-state index contributed by atoms with van der Waals surface area (Å²) in [6.07, 6.45) is 2.37. The van der Waals surface area contributed by atoms with Gasteiger partial charge in [0, 0.05) is 32.1 Å². The number of nitrogens with zero attached hydrogens (tertiary/aromatic N) is 1. The van der Waals surface area contributed by atoms with Crippen molar-refractivity contribution < 1.29 is 14.3 Å². The Morgan fingerprint density at radius 1 is 1.25 bits per heavy atom. The zero-order chi connectivity index (χ0) is 17.2. The average Bonchev–Trinajstić information content (AvgIpc) is 2.61. The van der Waals surface area contributed by atoms with E-state index in [2.05, 4.69) is 15.6 Å². The summed E-state index contributed by atoms with van der Waals surface area (Å²) in [5.74, 6) is 0.565. The van der Waals surface area contributed by atoms with Gasteiger partial charge in [0.05, 0.1) is 12.3 Å². The molecular weight excluding hydrogens is 306 g/mol. The van der Waals surface area contributed by atoms with E-state index in [-0.39, 0.29) is 5.91 Å². The molecule has 0 aliphatic rings. The van der Waals surface area contributed by atoms with Crippen LogP contribution in [0.1, 0.15) is 23.8 Å². The number of methoxy groups -OCH3 is 1. The van der Waals surface area contributed by atoms with Crippen molar-refractivity contribution in [2.45, 2.75) is 13.3 Å². The Labute approximate surface area is 142 Å². The molecule has 2 aromatic rings. The normalized spacial score (nSPS) is 10.2. The molecule has 1 amide bonds. The van der Waals surface area contributed by atoms with Crippen LogP contribution in [0.2, 0.25) is 0 Å². The number of carbonyl (C=O) groups excluding carboxylic acids is 1. The zero-order valence-corrected chi connectivity index (χ0v) is 14.0. The summed E-state index contributed by atoms with van der Waals surface area (Å²) in [5.41, 5.74) is 1.99. The molecule has 6 nitrogen and oxygen atoms in total. The molecule has 24 heavy (non-hydrogen) atoms. The Balaban J connectivity index is 2.04. The number of hydrogen-bond donors (Lipinski definition) is 2. The number of carbonyl (C=O) groups is 1. The SMILES string of the molecule is CCOc1ccccc1Nc1ccnc(C(=O)NCCCOC)c1. The maximum Gasteiger partial charge on any atom is 0.269 e. The number of hydrogen-bond acceptors (Lipinski definition) is 5. The van der Waals surface area contributed by atoms with Crippen molar-refractivity contribution in [2.24, 2.45) is 0 Å². The molecule has 0 radical (unpaired) electrons. The van der Waals surface area contributed by atoms with Gasteiger partial charge in [-0.15, -0.1) is 0 Å². The molecule has 1 aromatic heterocycles. The van der Waals surface area contributed by atoms with E-state index in [1.807, 2.05) is 37.3 Å². The first-order chi connectivity index (χ1) is 11.7. The first-order valence-corrected chi connectivity index (χ1v) is 7.96. The predicted octanol–water partition coefficient (Wildman–Crippen LogP) is 2.99. The molecule has 6 heteroatoms. The number of amides is 1. The molecule has 1 heterocycles. The average molecular weight is 329 g/mol. The quantitative estimate of drug-likeness (QED) is 0.692. The van der Waals surface area contributed by atoms with Crippen LogP contribution in [0.4, 0.5) is 11.4 Å². The van der Waals surface area contributed by atoms with Crippen LogP contribution in [0.5, 0.6) is 5.75 Å². The summed E-state index contributed by atoms with van der Waals surface area (Å²) in [6.45, 7) is 3.70. The molecule has 128 valence electrons. The lowest BCUT2D eigenvalue weighted by Crippen LogP contribution is -2.26. The predicted molar refractivity (Wildman–Crippen MR) is 94.0 cm³/mol. The molecule has 0 bridgehead atoms. The maximum atomic E-state index is 12.1. The molecule has 0 spiro atoms. The minimum absolute atomic E-state index is 0.201. The summed E-state index contributed by atoms with van der Waals surface area (Å²) in [5, 5.41) is 6.09. The van der Waals surface area contributed by atoms with Crippen LogP contribution < -0.4 is 15.4 Å². The van der Waals surface area contributed by atoms with E-state index in [0.717, 1.165) is 23.5 Å². The van der Waals surface area contributed by atoms with Gasteiger partial charge in [0.2, 0.25) is 0 Å². The van der Waals surface area contributed by atoms with Crippen molar-refractivity contribution in [1.82, 2.24) is 10.3 Å². The number of pyridine rings is 1. The van der Waals surface area contributed by atoms with Crippen LogP contribution in [0.25, 0.3) is 0 Å². The molecule has 0 fully saturated rings. The Morgan fingerprint density at radius 2 is 2.08 bits per heavy atom. The lowest BCUT2D eigenvalue weighted by Gasteiger charge is -2.12. The fourth-order valence-electron chi connectivity index (χ4n) is 2.15. The van der Waals surface area contributed by atoms with Gasteiger partial charge in [0.25, 0.3) is 5.91 Å². The van der Waals surface area contributed by atoms with Crippen LogP contribution in [0.15, 0.2) is 42.6 Å². The molecule has 0 unspecified atom stereocenters. The third-order valence-electron chi connectivity index (χ3n) is 3.27. The second-order valence-corrected chi connectivity index (χ2v) is 5.09. The number of nitrogens with one attached hydrogen (secondary N) is 2. The van der Waals surface area contributed by atoms with E-state index in [4.69, 9.17) is 9.47 Å². The van der Waals surface area contributed by atoms with Gasteiger partial charge >= 0.3 is 0 Å². The monoisotopic (exact) mass is 329 g/mol. The van der Waals surface area contributed by atoms with Gasteiger partial charge in [-0.05, 0) is 37.6 Å². The van der Waals surface area contributed by atoms with Crippen LogP contribution >= 0.6 is 0 Å². The van der Waals surface area contributed by atoms with Gasteiger partial charge in [-0.1, -0.05) is 12.1 Å². The molecule has 0 aliphatic carbocycles. The Bertz CT molecular complexity index is 661. The number of aromatic nitrogens is 1. The van der Waals surface area contributed by atoms with Crippen molar-refractivity contribution in [2.75, 3.05) is 32.2 Å². The highest BCUT2D eigenvalue weighted by atomic mass is 16.5. The van der Waals surface area contributed by atoms with Gasteiger partial charge in [-0.2, -0.15) is 0 Å². The Kier molecular flexibility index (Phi) is 7.04. The fourth-order valence-corrected chi connectivity index (χ4v) is 2.15. The second-order valence-electron chi connectivity index (χ2n) is 5.09. The standard InChI is InChI=1S/C18H23N3O3/c1-3-24-17-8-5-4-7-15(17)21-14-9-11-19-16(13-14)18(22)20-10-6-12-23-2/h4-5,7-9,11,13H,3,6,10,12H2,1-2H3,(H,19,21)(H,20,22). The second kappa shape index (κ2) is 9.52. The van der Waals surface area contributed by atoms with Gasteiger partial charge in [0.1, 0.15) is 11.4 Å². The fraction of sp³-hybridized carbons (Fsp3) is 0.333. The summed E-state index contributed by atoms with van der Waals surface area (Å²) in [4.78, 5) is 16.2. The number of ether oxygens (including phenoxy) is 2. The molecule has 0 atom stereocenters. The third kappa shape index (κ3) is 5.24. The summed E-state index contributed by atoms with van der Waals surface area (Å²) < 4.78 is 10.6. The minimum atomic E-state index is -0.201. The lowest BCUT2D eigenvalue weighted by molar-refractivity contribution is 0.0943. The molecule has 2 N–H and O–H groups in total. The van der Waals surface area contributed by atoms with Gasteiger partial charge < -0.3 is 20.1 Å². The van der Waals surface area contributed by atoms with Crippen molar-refractivity contribution in [3.05, 3.63) is 48.3 Å². The summed E-state index contributed by atoms with van der Waals surface area (Å²) in [7, 11) is 1.64. The number of rotatable bonds is 9. The first kappa shape index (κ1) is 17.7. The number of benzene rings is 1. The highest BCUT2D eigenvalue weighted by molar-refractivity contribution is 5.93. The lowest BCUT2D eigenvalue weighted by atomic mass is 10.2. The summed E-state index contributed by atoms with van der Waals surface area (Å²) >= 11 is 0. The first-order valence-electron chi connectivity index (χ1n) is 7.96. The number of anilines is 2. The minimum Gasteiger partial charge on any atom is -0.492 e. The molecule has 0 saturated carbocycles. The van der Waals surface area contributed by atoms with E-state index in [9.17, 15) is 4.79 Å². The van der Waals surface area contributed by atoms with Crippen molar-refractivity contribution in [1.29, 1.82) is 0 Å². The van der Waals surface area contributed by atoms with E-state index >= 15 is 0 Å². The van der Waals surface area contributed by atoms with Crippen LogP contribution in [-0.2, 0) is 4.74 Å². The van der Waals surface area contributed by atoms with Crippen molar-refractivity contribution in [3.63, 3.8) is 0 Å². The third-order valence-corrected chi connectivity index (χ3v) is 3.27. The Hall–Kier alpha value is -2.60. The molecule has 0 saturated heterocycles. The van der Waals surface area contributed by atoms with Crippen LogP contribution in [-0.4, -0.2) is 37.8 Å². The van der Waals surface area contributed by atoms with Gasteiger partial charge in [0.15, 0.2) is 0 Å². The molecule has 2 rings (SSSR count). The van der Waals surface area contributed by atoms with Crippen LogP contribution in [0.3, 0.4) is 0 Å². The van der Waals surface area contributed by atoms with E-state index in [1.54, 1.807) is 19.4 Å². The maximum absolute atomic E-state index is 12.1. The van der Waals surface area contributed by atoms with E-state index in [0.29, 0.717) is 25.5 Å². The highest BCUT2D eigenvalue weighted by Gasteiger charge is 2.09. The summed E-state index contributed by atoms with van der Waals surface area (Å²) in [6, 6.07) is 11.2. The zero-order valence-electron chi connectivity index (χ0n) is 14.0. The van der Waals surface area contributed by atoms with Gasteiger partial charge in [-0.25, -0.2) is 0 Å². The van der Waals surface area contributed by atoms with Crippen molar-refractivity contribution in [3.8, 4) is 5.75 Å². The number of para-hydroxylation sites is 2. The molecule has 1 aromatic carbocycles. The highest BCUT2D eigenvalue weighted by Crippen LogP contribution is 2.27. The largest absolute Gasteiger partial charge is 0.492 e. The Morgan fingerprint density at radius 3 is 2.88 bits per heavy atom.